The summed E-state index contributed by atoms with van der Waals surface area (Å²) in [7, 11) is -2.23. The summed E-state index contributed by atoms with van der Waals surface area (Å²) in [6, 6.07) is 13.6. The monoisotopic (exact) mass is 415 g/mol. The van der Waals surface area contributed by atoms with Crippen LogP contribution in [0.1, 0.15) is 33.5 Å². The average molecular weight is 416 g/mol. The average Bonchev–Trinajstić information content (AvgIpc) is 2.95. The lowest BCUT2D eigenvalue weighted by atomic mass is 10.1. The van der Waals surface area contributed by atoms with Crippen molar-refractivity contribution in [2.45, 2.75) is 31.7 Å². The van der Waals surface area contributed by atoms with Crippen LogP contribution < -0.4 is 4.72 Å². The molecule has 0 unspecified atom stereocenters. The molecule has 1 aliphatic heterocycles. The second-order valence-corrected chi connectivity index (χ2v) is 9.39. The van der Waals surface area contributed by atoms with E-state index in [2.05, 4.69) is 21.8 Å². The predicted molar refractivity (Wildman–Crippen MR) is 114 cm³/mol. The summed E-state index contributed by atoms with van der Waals surface area (Å²) in [6.07, 6.45) is 0.894. The molecule has 1 aliphatic rings. The lowest BCUT2D eigenvalue weighted by Crippen LogP contribution is -2.35. The van der Waals surface area contributed by atoms with E-state index in [1.165, 1.54) is 18.7 Å². The molecule has 2 aromatic rings. The Bertz CT molecular complexity index is 974. The van der Waals surface area contributed by atoms with E-state index in [0.717, 1.165) is 31.6 Å². The number of carbonyl (C=O) groups is 1. The summed E-state index contributed by atoms with van der Waals surface area (Å²) in [4.78, 5) is 17.5. The third-order valence-corrected chi connectivity index (χ3v) is 7.09. The van der Waals surface area contributed by atoms with Gasteiger partial charge in [-0.15, -0.1) is 0 Å². The van der Waals surface area contributed by atoms with Gasteiger partial charge in [-0.05, 0) is 56.1 Å². The number of rotatable bonds is 5. The second-order valence-electron chi connectivity index (χ2n) is 7.53. The van der Waals surface area contributed by atoms with Crippen LogP contribution in [0.4, 0.5) is 0 Å². The summed E-state index contributed by atoms with van der Waals surface area (Å²) >= 11 is 0. The first-order valence-corrected chi connectivity index (χ1v) is 11.4. The number of sulfonamides is 1. The minimum Gasteiger partial charge on any atom is -0.337 e. The van der Waals surface area contributed by atoms with E-state index in [1.54, 1.807) is 13.0 Å². The Hall–Kier alpha value is -2.22. The number of carbonyl (C=O) groups excluding carboxylic acids is 1. The van der Waals surface area contributed by atoms with Crippen molar-refractivity contribution in [3.63, 3.8) is 0 Å². The molecule has 1 fully saturated rings. The fourth-order valence-electron chi connectivity index (χ4n) is 3.70. The molecule has 2 aromatic carbocycles. The Labute approximate surface area is 173 Å². The highest BCUT2D eigenvalue weighted by molar-refractivity contribution is 7.89. The molecule has 0 aliphatic carbocycles. The van der Waals surface area contributed by atoms with Gasteiger partial charge in [-0.2, -0.15) is 0 Å². The van der Waals surface area contributed by atoms with Gasteiger partial charge in [-0.1, -0.05) is 30.3 Å². The number of aryl methyl sites for hydroxylation is 1. The van der Waals surface area contributed by atoms with E-state index < -0.39 is 10.0 Å². The molecule has 7 heteroatoms. The van der Waals surface area contributed by atoms with E-state index in [1.807, 2.05) is 30.0 Å². The summed E-state index contributed by atoms with van der Waals surface area (Å²) in [5.74, 6) is -0.109. The Morgan fingerprint density at radius 1 is 1.03 bits per heavy atom. The summed E-state index contributed by atoms with van der Waals surface area (Å²) in [5, 5.41) is 0. The van der Waals surface area contributed by atoms with E-state index in [9.17, 15) is 13.2 Å². The van der Waals surface area contributed by atoms with Crippen LogP contribution in [0.25, 0.3) is 0 Å². The molecule has 156 valence electrons. The number of benzene rings is 2. The first-order valence-electron chi connectivity index (χ1n) is 9.92. The first kappa shape index (κ1) is 21.5. The highest BCUT2D eigenvalue weighted by Crippen LogP contribution is 2.22. The topological polar surface area (TPSA) is 69.7 Å². The number of nitrogens with zero attached hydrogens (tertiary/aromatic N) is 2. The third kappa shape index (κ3) is 5.04. The quantitative estimate of drug-likeness (QED) is 0.815. The molecule has 0 spiro atoms. The molecule has 0 bridgehead atoms. The predicted octanol–water partition coefficient (Wildman–Crippen LogP) is 2.56. The van der Waals surface area contributed by atoms with Crippen LogP contribution in [0.3, 0.4) is 0 Å². The van der Waals surface area contributed by atoms with Crippen molar-refractivity contribution in [3.8, 4) is 0 Å². The molecule has 6 nitrogen and oxygen atoms in total. The summed E-state index contributed by atoms with van der Waals surface area (Å²) < 4.78 is 27.1. The van der Waals surface area contributed by atoms with E-state index in [4.69, 9.17) is 0 Å². The van der Waals surface area contributed by atoms with E-state index in [-0.39, 0.29) is 10.8 Å². The molecule has 29 heavy (non-hydrogen) atoms. The van der Waals surface area contributed by atoms with Crippen LogP contribution in [0.5, 0.6) is 0 Å². The molecule has 0 aromatic heterocycles. The number of nitrogens with one attached hydrogen (secondary N) is 1. The maximum Gasteiger partial charge on any atom is 0.253 e. The minimum absolute atomic E-state index is 0.109. The Morgan fingerprint density at radius 3 is 2.45 bits per heavy atom. The number of amides is 1. The Balaban J connectivity index is 1.75. The van der Waals surface area contributed by atoms with Gasteiger partial charge in [-0.25, -0.2) is 13.1 Å². The smallest absolute Gasteiger partial charge is 0.253 e. The zero-order chi connectivity index (χ0) is 21.0. The lowest BCUT2D eigenvalue weighted by Gasteiger charge is -2.23. The second kappa shape index (κ2) is 9.07. The molecule has 1 amide bonds. The van der Waals surface area contributed by atoms with Gasteiger partial charge in [0.25, 0.3) is 5.91 Å². The van der Waals surface area contributed by atoms with Gasteiger partial charge in [-0.3, -0.25) is 9.69 Å². The SMILES string of the molecule is CNS(=O)(=O)c1cc(C(=O)N2CCCN(Cc3ccccc3)CC2)cc(C)c1C. The normalized spacial score (nSPS) is 15.9. The van der Waals surface area contributed by atoms with Crippen molar-refractivity contribution in [1.82, 2.24) is 14.5 Å². The molecule has 0 saturated carbocycles. The molecule has 3 rings (SSSR count). The van der Waals surface area contributed by atoms with Gasteiger partial charge in [0.2, 0.25) is 10.0 Å². The van der Waals surface area contributed by atoms with Gasteiger partial charge >= 0.3 is 0 Å². The van der Waals surface area contributed by atoms with Crippen molar-refractivity contribution in [1.29, 1.82) is 0 Å². The van der Waals surface area contributed by atoms with Crippen LogP contribution >= 0.6 is 0 Å². The molecule has 0 atom stereocenters. The van der Waals surface area contributed by atoms with Crippen LogP contribution in [-0.2, 0) is 16.6 Å². The zero-order valence-electron chi connectivity index (χ0n) is 17.3. The van der Waals surface area contributed by atoms with E-state index >= 15 is 0 Å². The van der Waals surface area contributed by atoms with Gasteiger partial charge in [0.15, 0.2) is 0 Å². The first-order chi connectivity index (χ1) is 13.8. The lowest BCUT2D eigenvalue weighted by molar-refractivity contribution is 0.0760. The highest BCUT2D eigenvalue weighted by Gasteiger charge is 2.24. The molecule has 0 radical (unpaired) electrons. The van der Waals surface area contributed by atoms with Crippen molar-refractivity contribution >= 4 is 15.9 Å². The maximum atomic E-state index is 13.1. The summed E-state index contributed by atoms with van der Waals surface area (Å²) in [5.41, 5.74) is 3.16. The van der Waals surface area contributed by atoms with Gasteiger partial charge in [0, 0.05) is 38.3 Å². The third-order valence-electron chi connectivity index (χ3n) is 5.55. The summed E-state index contributed by atoms with van der Waals surface area (Å²) in [6.45, 7) is 7.51. The molecule has 1 saturated heterocycles. The fourth-order valence-corrected chi connectivity index (χ4v) is 4.76. The largest absolute Gasteiger partial charge is 0.337 e. The maximum absolute atomic E-state index is 13.1. The van der Waals surface area contributed by atoms with Crippen LogP contribution in [-0.4, -0.2) is 57.4 Å². The Morgan fingerprint density at radius 2 is 1.76 bits per heavy atom. The number of hydrogen-bond donors (Lipinski definition) is 1. The molecule has 1 heterocycles. The fraction of sp³-hybridized carbons (Fsp3) is 0.409. The number of hydrogen-bond acceptors (Lipinski definition) is 4. The van der Waals surface area contributed by atoms with Crippen molar-refractivity contribution < 1.29 is 13.2 Å². The van der Waals surface area contributed by atoms with Gasteiger partial charge in [0.05, 0.1) is 4.90 Å². The van der Waals surface area contributed by atoms with E-state index in [0.29, 0.717) is 24.2 Å². The Kier molecular flexibility index (Phi) is 6.72. The molecular weight excluding hydrogens is 386 g/mol. The molecule has 1 N–H and O–H groups in total. The van der Waals surface area contributed by atoms with Gasteiger partial charge in [0.1, 0.15) is 0 Å². The van der Waals surface area contributed by atoms with Crippen molar-refractivity contribution in [2.75, 3.05) is 33.2 Å². The van der Waals surface area contributed by atoms with Crippen molar-refractivity contribution in [2.24, 2.45) is 0 Å². The highest BCUT2D eigenvalue weighted by atomic mass is 32.2. The minimum atomic E-state index is -3.62. The van der Waals surface area contributed by atoms with Crippen molar-refractivity contribution in [3.05, 3.63) is 64.7 Å². The van der Waals surface area contributed by atoms with Crippen LogP contribution in [0.2, 0.25) is 0 Å². The van der Waals surface area contributed by atoms with Gasteiger partial charge < -0.3 is 4.90 Å². The van der Waals surface area contributed by atoms with Crippen LogP contribution in [0.15, 0.2) is 47.4 Å². The van der Waals surface area contributed by atoms with Crippen LogP contribution in [0, 0.1) is 13.8 Å². The standard InChI is InChI=1S/C22H29N3O3S/c1-17-14-20(15-21(18(17)2)29(27,28)23-3)22(26)25-11-7-10-24(12-13-25)16-19-8-5-4-6-9-19/h4-6,8-9,14-15,23H,7,10-13,16H2,1-3H3. The zero-order valence-corrected chi connectivity index (χ0v) is 18.1. The molecular formula is C22H29N3O3S.